The molecule has 0 spiro atoms. The van der Waals surface area contributed by atoms with Gasteiger partial charge in [-0.1, -0.05) is 36.9 Å². The van der Waals surface area contributed by atoms with Crippen LogP contribution in [0.4, 0.5) is 4.39 Å². The second kappa shape index (κ2) is 8.62. The Labute approximate surface area is 139 Å². The monoisotopic (exact) mass is 339 g/mol. The summed E-state index contributed by atoms with van der Waals surface area (Å²) in [5.41, 5.74) is 2.28. The van der Waals surface area contributed by atoms with Crippen molar-refractivity contribution in [2.45, 2.75) is 44.6 Å². The van der Waals surface area contributed by atoms with Gasteiger partial charge in [-0.2, -0.15) is 5.10 Å². The molecule has 1 aromatic rings. The van der Waals surface area contributed by atoms with Gasteiger partial charge in [0.05, 0.1) is 11.2 Å². The summed E-state index contributed by atoms with van der Waals surface area (Å²) < 4.78 is 13.5. The summed E-state index contributed by atoms with van der Waals surface area (Å²) in [5, 5.41) is 6.67. The van der Waals surface area contributed by atoms with Gasteiger partial charge in [-0.15, -0.1) is 0 Å². The first-order chi connectivity index (χ1) is 11.1. The van der Waals surface area contributed by atoms with Crippen LogP contribution in [0.15, 0.2) is 23.3 Å². The van der Waals surface area contributed by atoms with Crippen LogP contribution in [-0.2, 0) is 9.59 Å². The first-order valence-electron chi connectivity index (χ1n) is 7.61. The van der Waals surface area contributed by atoms with E-state index in [-0.39, 0.29) is 29.0 Å². The molecule has 0 radical (unpaired) electrons. The number of amides is 2. The van der Waals surface area contributed by atoms with E-state index in [1.807, 2.05) is 0 Å². The molecular weight excluding hydrogens is 321 g/mol. The summed E-state index contributed by atoms with van der Waals surface area (Å²) >= 11 is 5.83. The number of benzene rings is 1. The van der Waals surface area contributed by atoms with Gasteiger partial charge < -0.3 is 5.32 Å². The Kier molecular flexibility index (Phi) is 6.52. The summed E-state index contributed by atoms with van der Waals surface area (Å²) in [6.45, 7) is 0. The van der Waals surface area contributed by atoms with Crippen molar-refractivity contribution in [3.63, 3.8) is 0 Å². The van der Waals surface area contributed by atoms with E-state index in [0.29, 0.717) is 0 Å². The second-order valence-corrected chi connectivity index (χ2v) is 5.91. The van der Waals surface area contributed by atoms with Gasteiger partial charge in [0.1, 0.15) is 12.2 Å². The average molecular weight is 340 g/mol. The van der Waals surface area contributed by atoms with Gasteiger partial charge in [-0.3, -0.25) is 9.59 Å². The number of carbonyl (C=O) groups is 2. The Balaban J connectivity index is 1.78. The molecule has 5 nitrogen and oxygen atoms in total. The number of nitrogens with zero attached hydrogens (tertiary/aromatic N) is 1. The third-order valence-electron chi connectivity index (χ3n) is 3.67. The van der Waals surface area contributed by atoms with Crippen molar-refractivity contribution >= 4 is 29.6 Å². The van der Waals surface area contributed by atoms with Crippen molar-refractivity contribution in [1.29, 1.82) is 0 Å². The predicted molar refractivity (Wildman–Crippen MR) is 86.8 cm³/mol. The van der Waals surface area contributed by atoms with Gasteiger partial charge in [-0.05, 0) is 25.0 Å². The van der Waals surface area contributed by atoms with Gasteiger partial charge >= 0.3 is 0 Å². The number of hydrazone groups is 1. The minimum absolute atomic E-state index is 0.0844. The molecule has 7 heteroatoms. The van der Waals surface area contributed by atoms with Gasteiger partial charge in [-0.25, -0.2) is 9.82 Å². The smallest absolute Gasteiger partial charge is 0.249 e. The molecule has 0 aliphatic heterocycles. The van der Waals surface area contributed by atoms with Crippen LogP contribution in [0, 0.1) is 5.82 Å². The number of nitrogens with one attached hydrogen (secondary N) is 2. The molecule has 0 saturated heterocycles. The molecule has 0 bridgehead atoms. The summed E-state index contributed by atoms with van der Waals surface area (Å²) in [5.74, 6) is -1.42. The zero-order valence-electron chi connectivity index (χ0n) is 12.6. The minimum atomic E-state index is -0.554. The minimum Gasteiger partial charge on any atom is -0.353 e. The highest BCUT2D eigenvalue weighted by atomic mass is 35.5. The molecule has 1 aromatic carbocycles. The van der Waals surface area contributed by atoms with Crippen molar-refractivity contribution in [2.75, 3.05) is 0 Å². The van der Waals surface area contributed by atoms with Gasteiger partial charge in [0, 0.05) is 11.6 Å². The lowest BCUT2D eigenvalue weighted by Gasteiger charge is -2.22. The molecule has 0 heterocycles. The Bertz CT molecular complexity index is 581. The topological polar surface area (TPSA) is 70.6 Å². The molecule has 0 atom stereocenters. The van der Waals surface area contributed by atoms with Gasteiger partial charge in [0.15, 0.2) is 0 Å². The average Bonchev–Trinajstić information content (AvgIpc) is 2.51. The van der Waals surface area contributed by atoms with E-state index < -0.39 is 11.7 Å². The quantitative estimate of drug-likeness (QED) is 0.492. The normalized spacial score (nSPS) is 15.6. The summed E-state index contributed by atoms with van der Waals surface area (Å²) in [4.78, 5) is 23.4. The van der Waals surface area contributed by atoms with Crippen molar-refractivity contribution in [2.24, 2.45) is 5.10 Å². The lowest BCUT2D eigenvalue weighted by molar-refractivity contribution is -0.129. The first kappa shape index (κ1) is 17.4. The molecule has 0 aromatic heterocycles. The number of hydrogen-bond donors (Lipinski definition) is 2. The van der Waals surface area contributed by atoms with E-state index >= 15 is 0 Å². The van der Waals surface area contributed by atoms with Crippen LogP contribution in [0.3, 0.4) is 0 Å². The van der Waals surface area contributed by atoms with E-state index in [2.05, 4.69) is 15.8 Å². The van der Waals surface area contributed by atoms with E-state index in [4.69, 9.17) is 11.6 Å². The maximum absolute atomic E-state index is 13.5. The van der Waals surface area contributed by atoms with Gasteiger partial charge in [0.25, 0.3) is 0 Å². The standard InChI is InChI=1S/C16H19ClFN3O2/c17-13-7-4-8-14(18)12(13)10-19-21-16(23)9-15(22)20-11-5-2-1-3-6-11/h4,7-8,10-11H,1-3,5-6,9H2,(H,20,22)(H,21,23)/b19-10-. The lowest BCUT2D eigenvalue weighted by Crippen LogP contribution is -2.38. The third-order valence-corrected chi connectivity index (χ3v) is 4.00. The molecule has 23 heavy (non-hydrogen) atoms. The predicted octanol–water partition coefficient (Wildman–Crippen LogP) is 2.77. The Morgan fingerprint density at radius 2 is 2.00 bits per heavy atom. The van der Waals surface area contributed by atoms with Crippen molar-refractivity contribution in [3.05, 3.63) is 34.6 Å². The number of carbonyl (C=O) groups excluding carboxylic acids is 2. The zero-order chi connectivity index (χ0) is 16.7. The highest BCUT2D eigenvalue weighted by Gasteiger charge is 2.17. The van der Waals surface area contributed by atoms with Crippen molar-refractivity contribution < 1.29 is 14.0 Å². The molecule has 1 saturated carbocycles. The van der Waals surface area contributed by atoms with E-state index in [0.717, 1.165) is 31.9 Å². The molecule has 1 fully saturated rings. The summed E-state index contributed by atoms with van der Waals surface area (Å²) in [7, 11) is 0. The van der Waals surface area contributed by atoms with Crippen LogP contribution in [0.5, 0.6) is 0 Å². The van der Waals surface area contributed by atoms with E-state index in [1.54, 1.807) is 0 Å². The van der Waals surface area contributed by atoms with Crippen LogP contribution in [0.1, 0.15) is 44.1 Å². The maximum Gasteiger partial charge on any atom is 0.249 e. The highest BCUT2D eigenvalue weighted by molar-refractivity contribution is 6.33. The SMILES string of the molecule is O=C(CC(=O)NC1CCCCC1)N/N=C\c1c(F)cccc1Cl. The van der Waals surface area contributed by atoms with Crippen LogP contribution in [-0.4, -0.2) is 24.1 Å². The summed E-state index contributed by atoms with van der Waals surface area (Å²) in [6.07, 6.45) is 6.12. The fourth-order valence-electron chi connectivity index (χ4n) is 2.51. The fourth-order valence-corrected chi connectivity index (χ4v) is 2.73. The third kappa shape index (κ3) is 5.63. The molecule has 2 rings (SSSR count). The van der Waals surface area contributed by atoms with Crippen molar-refractivity contribution in [3.8, 4) is 0 Å². The van der Waals surface area contributed by atoms with Gasteiger partial charge in [0.2, 0.25) is 11.8 Å². The molecule has 1 aliphatic carbocycles. The molecule has 0 unspecified atom stereocenters. The maximum atomic E-state index is 13.5. The number of hydrogen-bond acceptors (Lipinski definition) is 3. The number of halogens is 2. The van der Waals surface area contributed by atoms with Crippen LogP contribution >= 0.6 is 11.6 Å². The highest BCUT2D eigenvalue weighted by Crippen LogP contribution is 2.17. The fraction of sp³-hybridized carbons (Fsp3) is 0.438. The van der Waals surface area contributed by atoms with E-state index in [1.165, 1.54) is 24.6 Å². The molecule has 124 valence electrons. The molecule has 2 amide bonds. The largest absolute Gasteiger partial charge is 0.353 e. The molecule has 1 aliphatic rings. The van der Waals surface area contributed by atoms with E-state index in [9.17, 15) is 14.0 Å². The Morgan fingerprint density at radius 1 is 1.26 bits per heavy atom. The van der Waals surface area contributed by atoms with Crippen LogP contribution in [0.2, 0.25) is 5.02 Å². The lowest BCUT2D eigenvalue weighted by atomic mass is 9.95. The number of rotatable bonds is 5. The Morgan fingerprint density at radius 3 is 2.70 bits per heavy atom. The Hall–Kier alpha value is -1.95. The van der Waals surface area contributed by atoms with Crippen LogP contribution < -0.4 is 10.7 Å². The zero-order valence-corrected chi connectivity index (χ0v) is 13.4. The second-order valence-electron chi connectivity index (χ2n) is 5.51. The first-order valence-corrected chi connectivity index (χ1v) is 7.99. The van der Waals surface area contributed by atoms with Crippen molar-refractivity contribution in [1.82, 2.24) is 10.7 Å². The molecular formula is C16H19ClFN3O2. The molecule has 2 N–H and O–H groups in total. The van der Waals surface area contributed by atoms with Crippen LogP contribution in [0.25, 0.3) is 0 Å². The summed E-state index contributed by atoms with van der Waals surface area (Å²) in [6, 6.07) is 4.39.